The van der Waals surface area contributed by atoms with Gasteiger partial charge >= 0.3 is 0 Å². The molecule has 3 aliphatic carbocycles. The molecule has 1 saturated carbocycles. The van der Waals surface area contributed by atoms with Crippen LogP contribution in [0.2, 0.25) is 0 Å². The molecule has 0 radical (unpaired) electrons. The summed E-state index contributed by atoms with van der Waals surface area (Å²) < 4.78 is 7.11. The van der Waals surface area contributed by atoms with Crippen molar-refractivity contribution in [2.75, 3.05) is 0 Å². The van der Waals surface area contributed by atoms with Crippen molar-refractivity contribution in [2.24, 2.45) is 39.9 Å². The van der Waals surface area contributed by atoms with E-state index in [-0.39, 0.29) is 23.1 Å². The molecule has 4 rings (SSSR count). The molecular formula is C29H44O3. The number of Topliss-reactive ketones (excluding diaryl/α,β-unsaturated/α-hetero) is 2. The van der Waals surface area contributed by atoms with E-state index < -0.39 is 10.8 Å². The first-order chi connectivity index (χ1) is 14.6. The maximum atomic E-state index is 13.7. The third-order valence-electron chi connectivity index (χ3n) is 9.63. The third-order valence-corrected chi connectivity index (χ3v) is 9.63. The Morgan fingerprint density at radius 1 is 0.969 bits per heavy atom. The highest BCUT2D eigenvalue weighted by Crippen LogP contribution is 2.64. The highest BCUT2D eigenvalue weighted by molar-refractivity contribution is 6.19. The number of rotatable bonds is 1. The van der Waals surface area contributed by atoms with Gasteiger partial charge in [0.05, 0.1) is 10.8 Å². The highest BCUT2D eigenvalue weighted by Gasteiger charge is 2.64. The fraction of sp³-hybridized carbons (Fsp3) is 0.793. The van der Waals surface area contributed by atoms with E-state index in [2.05, 4.69) is 40.7 Å². The van der Waals surface area contributed by atoms with Gasteiger partial charge in [0.1, 0.15) is 11.4 Å². The second kappa shape index (κ2) is 7.31. The topological polar surface area (TPSA) is 43.4 Å². The first kappa shape index (κ1) is 23.8. The average molecular weight is 441 g/mol. The molecule has 0 saturated heterocycles. The second-order valence-corrected chi connectivity index (χ2v) is 13.4. The quantitative estimate of drug-likeness (QED) is 0.324. The zero-order valence-electron chi connectivity index (χ0n) is 21.9. The van der Waals surface area contributed by atoms with Gasteiger partial charge in [-0.25, -0.2) is 0 Å². The number of hydrogen-bond donors (Lipinski definition) is 0. The lowest BCUT2D eigenvalue weighted by Gasteiger charge is -2.62. The number of ether oxygens (including phenoxy) is 1. The number of allylic oxidation sites excluding steroid dienone is 4. The Labute approximate surface area is 195 Å². The first-order valence-corrected chi connectivity index (χ1v) is 12.8. The molecule has 0 aromatic heterocycles. The number of fused-ring (bicyclic) bond motifs is 2. The molecule has 0 unspecified atom stereocenters. The van der Waals surface area contributed by atoms with Crippen LogP contribution in [0.1, 0.15) is 101 Å². The summed E-state index contributed by atoms with van der Waals surface area (Å²) in [6, 6.07) is 0. The van der Waals surface area contributed by atoms with Crippen LogP contribution in [-0.4, -0.2) is 17.2 Å². The van der Waals surface area contributed by atoms with E-state index in [0.29, 0.717) is 28.9 Å². The van der Waals surface area contributed by atoms with Crippen molar-refractivity contribution in [2.45, 2.75) is 106 Å². The Balaban J connectivity index is 1.87. The fourth-order valence-electron chi connectivity index (χ4n) is 7.57. The SMILES string of the molecule is C/C1=C\CC[C@@]2(C[C@H](C(C)C)C3=C(O2)C(C)(C)C(=O)C(C)(C)C3=O)[C@H]2CC(C)(C)[C@@H]2CC1. The number of carbonyl (C=O) groups is 2. The molecule has 0 aromatic carbocycles. The lowest BCUT2D eigenvalue weighted by Crippen LogP contribution is -2.62. The van der Waals surface area contributed by atoms with Crippen LogP contribution in [0.5, 0.6) is 0 Å². The van der Waals surface area contributed by atoms with Crippen molar-refractivity contribution >= 4 is 11.6 Å². The lowest BCUT2D eigenvalue weighted by atomic mass is 9.47. The van der Waals surface area contributed by atoms with E-state index in [9.17, 15) is 9.59 Å². The van der Waals surface area contributed by atoms with Crippen LogP contribution in [0.4, 0.5) is 0 Å². The molecular weight excluding hydrogens is 396 g/mol. The average Bonchev–Trinajstić information content (AvgIpc) is 2.73. The minimum absolute atomic E-state index is 0.00222. The zero-order chi connectivity index (χ0) is 23.9. The molecule has 0 amide bonds. The Morgan fingerprint density at radius 3 is 2.22 bits per heavy atom. The molecule has 1 spiro atoms. The lowest BCUT2D eigenvalue weighted by molar-refractivity contribution is -0.192. The van der Waals surface area contributed by atoms with Gasteiger partial charge in [0, 0.05) is 11.5 Å². The van der Waals surface area contributed by atoms with Crippen LogP contribution in [0, 0.1) is 39.9 Å². The molecule has 32 heavy (non-hydrogen) atoms. The van der Waals surface area contributed by atoms with Crippen LogP contribution in [0.15, 0.2) is 23.0 Å². The van der Waals surface area contributed by atoms with Gasteiger partial charge in [0.15, 0.2) is 11.6 Å². The van der Waals surface area contributed by atoms with E-state index in [0.717, 1.165) is 31.3 Å². The van der Waals surface area contributed by atoms with Crippen LogP contribution in [0.25, 0.3) is 0 Å². The van der Waals surface area contributed by atoms with Gasteiger partial charge in [-0.05, 0) is 96.3 Å². The van der Waals surface area contributed by atoms with Crippen LogP contribution < -0.4 is 0 Å². The van der Waals surface area contributed by atoms with E-state index >= 15 is 0 Å². The predicted octanol–water partition coefficient (Wildman–Crippen LogP) is 7.06. The number of hydrogen-bond acceptors (Lipinski definition) is 3. The van der Waals surface area contributed by atoms with E-state index in [1.807, 2.05) is 27.7 Å². The summed E-state index contributed by atoms with van der Waals surface area (Å²) in [6.45, 7) is 19.1. The van der Waals surface area contributed by atoms with E-state index in [1.165, 1.54) is 18.4 Å². The van der Waals surface area contributed by atoms with Crippen LogP contribution in [0.3, 0.4) is 0 Å². The molecule has 0 bridgehead atoms. The van der Waals surface area contributed by atoms with Crippen molar-refractivity contribution in [3.8, 4) is 0 Å². The van der Waals surface area contributed by atoms with Crippen LogP contribution in [-0.2, 0) is 14.3 Å². The van der Waals surface area contributed by atoms with Crippen molar-refractivity contribution in [3.05, 3.63) is 23.0 Å². The molecule has 1 heterocycles. The summed E-state index contributed by atoms with van der Waals surface area (Å²) in [5.74, 6) is 2.29. The third kappa shape index (κ3) is 3.28. The van der Waals surface area contributed by atoms with Gasteiger partial charge in [-0.2, -0.15) is 0 Å². The smallest absolute Gasteiger partial charge is 0.175 e. The fourth-order valence-corrected chi connectivity index (χ4v) is 7.57. The first-order valence-electron chi connectivity index (χ1n) is 12.8. The molecule has 1 fully saturated rings. The Kier molecular flexibility index (Phi) is 5.43. The van der Waals surface area contributed by atoms with Crippen molar-refractivity contribution in [1.82, 2.24) is 0 Å². The molecule has 4 aliphatic rings. The van der Waals surface area contributed by atoms with Gasteiger partial charge in [-0.3, -0.25) is 9.59 Å². The predicted molar refractivity (Wildman–Crippen MR) is 129 cm³/mol. The van der Waals surface area contributed by atoms with Gasteiger partial charge in [-0.15, -0.1) is 0 Å². The summed E-state index contributed by atoms with van der Waals surface area (Å²) in [6.07, 6.45) is 8.83. The Morgan fingerprint density at radius 2 is 1.62 bits per heavy atom. The summed E-state index contributed by atoms with van der Waals surface area (Å²) >= 11 is 0. The molecule has 3 nitrogen and oxygen atoms in total. The largest absolute Gasteiger partial charge is 0.490 e. The minimum Gasteiger partial charge on any atom is -0.490 e. The number of carbonyl (C=O) groups excluding carboxylic acids is 2. The normalized spacial score (nSPS) is 39.7. The Bertz CT molecular complexity index is 897. The van der Waals surface area contributed by atoms with Crippen molar-refractivity contribution in [3.63, 3.8) is 0 Å². The molecule has 4 atom stereocenters. The van der Waals surface area contributed by atoms with Crippen molar-refractivity contribution < 1.29 is 14.3 Å². The van der Waals surface area contributed by atoms with Gasteiger partial charge in [0.25, 0.3) is 0 Å². The summed E-state index contributed by atoms with van der Waals surface area (Å²) in [5.41, 5.74) is 0.596. The standard InChI is InChI=1S/C29H44O3/c1-17(2)19-15-29(14-10-11-18(3)12-13-20-21(29)16-26(20,4)5)32-24-22(19)23(30)27(6,7)25(31)28(24,8)9/h11,17,19-21H,10,12-16H2,1-9H3/b18-11+/t19-,20-,21+,29-/m1/s1. The molecule has 0 aromatic rings. The van der Waals surface area contributed by atoms with Crippen molar-refractivity contribution in [1.29, 1.82) is 0 Å². The van der Waals surface area contributed by atoms with E-state index in [4.69, 9.17) is 4.74 Å². The zero-order valence-corrected chi connectivity index (χ0v) is 21.9. The van der Waals surface area contributed by atoms with E-state index in [1.54, 1.807) is 0 Å². The molecule has 178 valence electrons. The summed E-state index contributed by atoms with van der Waals surface area (Å²) in [7, 11) is 0. The maximum Gasteiger partial charge on any atom is 0.175 e. The number of ketones is 2. The molecule has 1 aliphatic heterocycles. The Hall–Kier alpha value is -1.38. The van der Waals surface area contributed by atoms with Gasteiger partial charge < -0.3 is 4.74 Å². The minimum atomic E-state index is -0.984. The summed E-state index contributed by atoms with van der Waals surface area (Å²) in [4.78, 5) is 27.2. The second-order valence-electron chi connectivity index (χ2n) is 13.4. The van der Waals surface area contributed by atoms with Crippen LogP contribution >= 0.6 is 0 Å². The maximum absolute atomic E-state index is 13.7. The monoisotopic (exact) mass is 440 g/mol. The molecule has 3 heteroatoms. The summed E-state index contributed by atoms with van der Waals surface area (Å²) in [5, 5.41) is 0. The van der Waals surface area contributed by atoms with Gasteiger partial charge in [0.2, 0.25) is 0 Å². The van der Waals surface area contributed by atoms with Gasteiger partial charge in [-0.1, -0.05) is 39.3 Å². The highest BCUT2D eigenvalue weighted by atomic mass is 16.5. The molecule has 0 N–H and O–H groups in total.